The standard InChI is InChI=1S/C20H32N4O4/c1-4-27-19(26)20(13-17-7-5-6-12-28-17)8-10-23(11-9-20)18(25)14-24-16(3)21-15(2)22-24/h17H,4-14H2,1-3H3/t17-/m1/s1. The van der Waals surface area contributed by atoms with Gasteiger partial charge in [-0.25, -0.2) is 9.67 Å². The minimum Gasteiger partial charge on any atom is -0.466 e. The van der Waals surface area contributed by atoms with Crippen molar-refractivity contribution in [1.82, 2.24) is 19.7 Å². The fraction of sp³-hybridized carbons (Fsp3) is 0.800. The van der Waals surface area contributed by atoms with Crippen LogP contribution in [0.25, 0.3) is 0 Å². The van der Waals surface area contributed by atoms with Crippen molar-refractivity contribution in [2.45, 2.75) is 71.9 Å². The lowest BCUT2D eigenvalue weighted by atomic mass is 9.73. The quantitative estimate of drug-likeness (QED) is 0.689. The van der Waals surface area contributed by atoms with E-state index in [1.54, 1.807) is 4.68 Å². The van der Waals surface area contributed by atoms with E-state index in [0.717, 1.165) is 31.7 Å². The molecule has 0 unspecified atom stereocenters. The van der Waals surface area contributed by atoms with Crippen LogP contribution in [0.4, 0.5) is 0 Å². The van der Waals surface area contributed by atoms with Crippen molar-refractivity contribution in [3.63, 3.8) is 0 Å². The molecule has 2 fully saturated rings. The van der Waals surface area contributed by atoms with Gasteiger partial charge in [0.1, 0.15) is 18.2 Å². The lowest BCUT2D eigenvalue weighted by molar-refractivity contribution is -0.164. The van der Waals surface area contributed by atoms with Gasteiger partial charge < -0.3 is 14.4 Å². The molecule has 28 heavy (non-hydrogen) atoms. The molecule has 1 aromatic heterocycles. The molecular formula is C20H32N4O4. The summed E-state index contributed by atoms with van der Waals surface area (Å²) in [6.07, 6.45) is 5.27. The van der Waals surface area contributed by atoms with Gasteiger partial charge in [0, 0.05) is 19.7 Å². The van der Waals surface area contributed by atoms with Gasteiger partial charge in [0.2, 0.25) is 5.91 Å². The van der Waals surface area contributed by atoms with Gasteiger partial charge in [-0.15, -0.1) is 0 Å². The van der Waals surface area contributed by atoms with Crippen LogP contribution in [0.1, 0.15) is 57.1 Å². The fourth-order valence-electron chi connectivity index (χ4n) is 4.30. The molecule has 156 valence electrons. The summed E-state index contributed by atoms with van der Waals surface area (Å²) >= 11 is 0. The number of ether oxygens (including phenoxy) is 2. The maximum atomic E-state index is 12.8. The first kappa shape index (κ1) is 20.8. The van der Waals surface area contributed by atoms with E-state index in [4.69, 9.17) is 9.47 Å². The van der Waals surface area contributed by atoms with Crippen LogP contribution in [0.3, 0.4) is 0 Å². The van der Waals surface area contributed by atoms with Crippen molar-refractivity contribution >= 4 is 11.9 Å². The highest BCUT2D eigenvalue weighted by Crippen LogP contribution is 2.40. The van der Waals surface area contributed by atoms with Gasteiger partial charge in [0.25, 0.3) is 0 Å². The van der Waals surface area contributed by atoms with Crippen LogP contribution in [0, 0.1) is 19.3 Å². The summed E-state index contributed by atoms with van der Waals surface area (Å²) in [5.74, 6) is 1.27. The Hall–Kier alpha value is -1.96. The zero-order valence-corrected chi connectivity index (χ0v) is 17.3. The van der Waals surface area contributed by atoms with Crippen LogP contribution in [0.2, 0.25) is 0 Å². The first-order valence-electron chi connectivity index (χ1n) is 10.4. The third-order valence-corrected chi connectivity index (χ3v) is 5.92. The van der Waals surface area contributed by atoms with Gasteiger partial charge in [-0.1, -0.05) is 0 Å². The van der Waals surface area contributed by atoms with Gasteiger partial charge in [-0.3, -0.25) is 9.59 Å². The highest BCUT2D eigenvalue weighted by molar-refractivity contribution is 5.79. The molecule has 0 aromatic carbocycles. The van der Waals surface area contributed by atoms with E-state index >= 15 is 0 Å². The van der Waals surface area contributed by atoms with Crippen molar-refractivity contribution in [1.29, 1.82) is 0 Å². The summed E-state index contributed by atoms with van der Waals surface area (Å²) in [6, 6.07) is 0. The average Bonchev–Trinajstić information content (AvgIpc) is 3.00. The van der Waals surface area contributed by atoms with Crippen molar-refractivity contribution in [3.05, 3.63) is 11.6 Å². The predicted molar refractivity (Wildman–Crippen MR) is 103 cm³/mol. The van der Waals surface area contributed by atoms with Gasteiger partial charge in [-0.05, 0) is 59.3 Å². The summed E-state index contributed by atoms with van der Waals surface area (Å²) < 4.78 is 13.0. The molecule has 8 nitrogen and oxygen atoms in total. The predicted octanol–water partition coefficient (Wildman–Crippen LogP) is 2.03. The van der Waals surface area contributed by atoms with Crippen molar-refractivity contribution in [2.75, 3.05) is 26.3 Å². The van der Waals surface area contributed by atoms with Crippen LogP contribution >= 0.6 is 0 Å². The molecule has 1 amide bonds. The number of piperidine rings is 1. The lowest BCUT2D eigenvalue weighted by Gasteiger charge is -2.42. The number of amides is 1. The fourth-order valence-corrected chi connectivity index (χ4v) is 4.30. The number of esters is 1. The Morgan fingerprint density at radius 3 is 2.57 bits per heavy atom. The van der Waals surface area contributed by atoms with Crippen molar-refractivity contribution < 1.29 is 19.1 Å². The van der Waals surface area contributed by atoms with Crippen molar-refractivity contribution in [2.24, 2.45) is 5.41 Å². The molecule has 8 heteroatoms. The van der Waals surface area contributed by atoms with Gasteiger partial charge >= 0.3 is 5.97 Å². The number of carbonyl (C=O) groups is 2. The lowest BCUT2D eigenvalue weighted by Crippen LogP contribution is -2.49. The van der Waals surface area contributed by atoms with Gasteiger partial charge in [-0.2, -0.15) is 5.10 Å². The van der Waals surface area contributed by atoms with E-state index < -0.39 is 5.41 Å². The normalized spacial score (nSPS) is 22.1. The number of aryl methyl sites for hydroxylation is 2. The summed E-state index contributed by atoms with van der Waals surface area (Å²) in [5, 5.41) is 4.27. The van der Waals surface area contributed by atoms with E-state index in [-0.39, 0.29) is 24.5 Å². The van der Waals surface area contributed by atoms with Crippen LogP contribution < -0.4 is 0 Å². The summed E-state index contributed by atoms with van der Waals surface area (Å²) in [5.41, 5.74) is -0.547. The minimum atomic E-state index is -0.547. The zero-order chi connectivity index (χ0) is 20.1. The van der Waals surface area contributed by atoms with Crippen LogP contribution in [0.5, 0.6) is 0 Å². The van der Waals surface area contributed by atoms with E-state index in [1.807, 2.05) is 25.7 Å². The van der Waals surface area contributed by atoms with E-state index in [9.17, 15) is 9.59 Å². The van der Waals surface area contributed by atoms with Crippen molar-refractivity contribution in [3.8, 4) is 0 Å². The second-order valence-corrected chi connectivity index (χ2v) is 7.94. The molecule has 0 spiro atoms. The Morgan fingerprint density at radius 2 is 2.00 bits per heavy atom. The minimum absolute atomic E-state index is 0.0133. The number of likely N-dealkylation sites (tertiary alicyclic amines) is 1. The Labute approximate surface area is 166 Å². The Balaban J connectivity index is 1.63. The topological polar surface area (TPSA) is 86.5 Å². The van der Waals surface area contributed by atoms with E-state index in [0.29, 0.717) is 44.8 Å². The number of hydrogen-bond donors (Lipinski definition) is 0. The summed E-state index contributed by atoms with van der Waals surface area (Å²) in [4.78, 5) is 31.6. The summed E-state index contributed by atoms with van der Waals surface area (Å²) in [6.45, 7) is 7.93. The first-order chi connectivity index (χ1) is 13.4. The Bertz CT molecular complexity index is 688. The molecule has 0 radical (unpaired) electrons. The maximum absolute atomic E-state index is 12.8. The van der Waals surface area contributed by atoms with Gasteiger partial charge in [0.15, 0.2) is 0 Å². The molecule has 3 heterocycles. The monoisotopic (exact) mass is 392 g/mol. The number of nitrogens with zero attached hydrogens (tertiary/aromatic N) is 4. The second-order valence-electron chi connectivity index (χ2n) is 7.94. The number of carbonyl (C=O) groups excluding carboxylic acids is 2. The molecule has 0 N–H and O–H groups in total. The molecule has 1 aromatic rings. The molecule has 2 aliphatic heterocycles. The molecular weight excluding hydrogens is 360 g/mol. The molecule has 3 rings (SSSR count). The van der Waals surface area contributed by atoms with Crippen LogP contribution in [-0.2, 0) is 25.6 Å². The molecule has 1 atom stereocenters. The van der Waals surface area contributed by atoms with E-state index in [2.05, 4.69) is 10.1 Å². The smallest absolute Gasteiger partial charge is 0.312 e. The SMILES string of the molecule is CCOC(=O)C1(C[C@H]2CCCCO2)CCN(C(=O)Cn2nc(C)nc2C)CC1. The Morgan fingerprint density at radius 1 is 1.25 bits per heavy atom. The van der Waals surface area contributed by atoms with Gasteiger partial charge in [0.05, 0.1) is 18.1 Å². The highest BCUT2D eigenvalue weighted by Gasteiger charge is 2.45. The average molecular weight is 393 g/mol. The summed E-state index contributed by atoms with van der Waals surface area (Å²) in [7, 11) is 0. The number of hydrogen-bond acceptors (Lipinski definition) is 6. The molecule has 0 aliphatic carbocycles. The number of aromatic nitrogens is 3. The van der Waals surface area contributed by atoms with E-state index in [1.165, 1.54) is 0 Å². The maximum Gasteiger partial charge on any atom is 0.312 e. The highest BCUT2D eigenvalue weighted by atomic mass is 16.5. The van der Waals surface area contributed by atoms with Crippen LogP contribution in [0.15, 0.2) is 0 Å². The Kier molecular flexibility index (Phi) is 6.69. The molecule has 2 saturated heterocycles. The molecule has 0 saturated carbocycles. The second kappa shape index (κ2) is 9.03. The third kappa shape index (κ3) is 4.71. The first-order valence-corrected chi connectivity index (χ1v) is 10.4. The number of rotatable bonds is 6. The molecule has 0 bridgehead atoms. The van der Waals surface area contributed by atoms with Crippen LogP contribution in [-0.4, -0.2) is 63.9 Å². The zero-order valence-electron chi connectivity index (χ0n) is 17.3. The molecule has 2 aliphatic rings. The third-order valence-electron chi connectivity index (χ3n) is 5.92. The largest absolute Gasteiger partial charge is 0.466 e.